The summed E-state index contributed by atoms with van der Waals surface area (Å²) in [5, 5.41) is 4.14. The molecule has 3 rings (SSSR count). The molecule has 6 nitrogen and oxygen atoms in total. The summed E-state index contributed by atoms with van der Waals surface area (Å²) in [7, 11) is 0. The maximum atomic E-state index is 5.50. The van der Waals surface area contributed by atoms with Gasteiger partial charge < -0.3 is 14.0 Å². The lowest BCUT2D eigenvalue weighted by molar-refractivity contribution is -0.0224. The van der Waals surface area contributed by atoms with E-state index < -0.39 is 0 Å². The van der Waals surface area contributed by atoms with Gasteiger partial charge >= 0.3 is 0 Å². The maximum Gasteiger partial charge on any atom is 0.246 e. The topological polar surface area (TPSA) is 60.6 Å². The van der Waals surface area contributed by atoms with Crippen molar-refractivity contribution in [3.63, 3.8) is 0 Å². The molecule has 0 saturated carbocycles. The van der Waals surface area contributed by atoms with E-state index in [0.29, 0.717) is 12.5 Å². The Kier molecular flexibility index (Phi) is 3.56. The van der Waals surface area contributed by atoms with Crippen LogP contribution in [0.5, 0.6) is 0 Å². The summed E-state index contributed by atoms with van der Waals surface area (Å²) in [4.78, 5) is 6.93. The van der Waals surface area contributed by atoms with Crippen molar-refractivity contribution in [2.45, 2.75) is 31.7 Å². The van der Waals surface area contributed by atoms with Crippen molar-refractivity contribution in [1.82, 2.24) is 15.0 Å². The van der Waals surface area contributed by atoms with Gasteiger partial charge in [0.2, 0.25) is 5.89 Å². The molecule has 19 heavy (non-hydrogen) atoms. The van der Waals surface area contributed by atoms with E-state index in [1.165, 1.54) is 0 Å². The van der Waals surface area contributed by atoms with Crippen LogP contribution in [-0.4, -0.2) is 54.6 Å². The predicted molar refractivity (Wildman–Crippen MR) is 67.9 cm³/mol. The van der Waals surface area contributed by atoms with Crippen molar-refractivity contribution >= 4 is 0 Å². The molecule has 3 heterocycles. The first-order chi connectivity index (χ1) is 9.18. The summed E-state index contributed by atoms with van der Waals surface area (Å²) in [6, 6.07) is 0. The van der Waals surface area contributed by atoms with Crippen LogP contribution < -0.4 is 0 Å². The summed E-state index contributed by atoms with van der Waals surface area (Å²) in [5.74, 6) is 1.77. The molecule has 0 aliphatic carbocycles. The molecule has 0 bridgehead atoms. The van der Waals surface area contributed by atoms with E-state index in [2.05, 4.69) is 28.9 Å². The van der Waals surface area contributed by atoms with Crippen LogP contribution in [0.4, 0.5) is 0 Å². The fourth-order valence-corrected chi connectivity index (χ4v) is 2.64. The van der Waals surface area contributed by atoms with Gasteiger partial charge in [0.05, 0.1) is 25.4 Å². The SMILES string of the molecule is CC(C)(c1nc([C@@H]2CCOC2)no1)N1CCOCC1. The Morgan fingerprint density at radius 1 is 1.16 bits per heavy atom. The molecule has 0 amide bonds. The quantitative estimate of drug-likeness (QED) is 0.818. The summed E-state index contributed by atoms with van der Waals surface area (Å²) in [6.07, 6.45) is 0.983. The molecular weight excluding hydrogens is 246 g/mol. The highest BCUT2D eigenvalue weighted by atomic mass is 16.5. The average Bonchev–Trinajstić information content (AvgIpc) is 3.10. The molecule has 0 unspecified atom stereocenters. The molecule has 0 N–H and O–H groups in total. The van der Waals surface area contributed by atoms with Crippen molar-refractivity contribution in [2.24, 2.45) is 0 Å². The largest absolute Gasteiger partial charge is 0.381 e. The van der Waals surface area contributed by atoms with Gasteiger partial charge in [-0.25, -0.2) is 0 Å². The third kappa shape index (κ3) is 2.52. The normalized spacial score (nSPS) is 25.9. The molecule has 1 aromatic heterocycles. The van der Waals surface area contributed by atoms with E-state index >= 15 is 0 Å². The average molecular weight is 267 g/mol. The molecule has 0 aromatic carbocycles. The minimum Gasteiger partial charge on any atom is -0.381 e. The first-order valence-electron chi connectivity index (χ1n) is 6.92. The Labute approximate surface area is 113 Å². The Bertz CT molecular complexity index is 421. The fraction of sp³-hybridized carbons (Fsp3) is 0.846. The minimum absolute atomic E-state index is 0.242. The lowest BCUT2D eigenvalue weighted by Gasteiger charge is -2.37. The van der Waals surface area contributed by atoms with Crippen LogP contribution >= 0.6 is 0 Å². The van der Waals surface area contributed by atoms with Crippen LogP contribution in [0.15, 0.2) is 4.52 Å². The standard InChI is InChI=1S/C13H21N3O3/c1-13(2,16-4-7-17-8-5-16)12-14-11(15-19-12)10-3-6-18-9-10/h10H,3-9H2,1-2H3/t10-/m1/s1. The van der Waals surface area contributed by atoms with Crippen molar-refractivity contribution in [1.29, 1.82) is 0 Å². The lowest BCUT2D eigenvalue weighted by atomic mass is 10.0. The van der Waals surface area contributed by atoms with Crippen LogP contribution in [0, 0.1) is 0 Å². The molecular formula is C13H21N3O3. The third-order valence-electron chi connectivity index (χ3n) is 4.06. The number of ether oxygens (including phenoxy) is 2. The summed E-state index contributed by atoms with van der Waals surface area (Å²) in [6.45, 7) is 9.08. The highest BCUT2D eigenvalue weighted by Crippen LogP contribution is 2.29. The van der Waals surface area contributed by atoms with Crippen LogP contribution in [0.3, 0.4) is 0 Å². The predicted octanol–water partition coefficient (Wildman–Crippen LogP) is 1.14. The molecule has 1 atom stereocenters. The Morgan fingerprint density at radius 2 is 1.95 bits per heavy atom. The molecule has 0 radical (unpaired) electrons. The second-order valence-electron chi connectivity index (χ2n) is 5.68. The second-order valence-corrected chi connectivity index (χ2v) is 5.68. The molecule has 2 aliphatic rings. The monoisotopic (exact) mass is 267 g/mol. The molecule has 2 saturated heterocycles. The van der Waals surface area contributed by atoms with E-state index in [4.69, 9.17) is 14.0 Å². The van der Waals surface area contributed by atoms with Gasteiger partial charge in [-0.15, -0.1) is 0 Å². The van der Waals surface area contributed by atoms with E-state index in [1.807, 2.05) is 0 Å². The smallest absolute Gasteiger partial charge is 0.246 e. The summed E-state index contributed by atoms with van der Waals surface area (Å²) < 4.78 is 16.3. The van der Waals surface area contributed by atoms with Gasteiger partial charge in [0, 0.05) is 25.6 Å². The van der Waals surface area contributed by atoms with Crippen LogP contribution in [0.2, 0.25) is 0 Å². The van der Waals surface area contributed by atoms with Crippen molar-refractivity contribution < 1.29 is 14.0 Å². The third-order valence-corrected chi connectivity index (χ3v) is 4.06. The molecule has 0 spiro atoms. The van der Waals surface area contributed by atoms with Gasteiger partial charge in [-0.2, -0.15) is 4.98 Å². The molecule has 1 aromatic rings. The maximum absolute atomic E-state index is 5.50. The molecule has 6 heteroatoms. The number of morpholine rings is 1. The Balaban J connectivity index is 1.76. The number of nitrogens with zero attached hydrogens (tertiary/aromatic N) is 3. The highest BCUT2D eigenvalue weighted by molar-refractivity contribution is 5.04. The van der Waals surface area contributed by atoms with Crippen molar-refractivity contribution in [2.75, 3.05) is 39.5 Å². The zero-order chi connectivity index (χ0) is 13.3. The van der Waals surface area contributed by atoms with Crippen LogP contribution in [0.25, 0.3) is 0 Å². The van der Waals surface area contributed by atoms with Gasteiger partial charge in [0.15, 0.2) is 5.82 Å². The fourth-order valence-electron chi connectivity index (χ4n) is 2.64. The van der Waals surface area contributed by atoms with Gasteiger partial charge in [-0.3, -0.25) is 4.90 Å². The van der Waals surface area contributed by atoms with Crippen molar-refractivity contribution in [3.8, 4) is 0 Å². The van der Waals surface area contributed by atoms with Crippen molar-refractivity contribution in [3.05, 3.63) is 11.7 Å². The zero-order valence-electron chi connectivity index (χ0n) is 11.6. The second kappa shape index (κ2) is 5.19. The van der Waals surface area contributed by atoms with E-state index in [9.17, 15) is 0 Å². The molecule has 2 fully saturated rings. The van der Waals surface area contributed by atoms with Gasteiger partial charge in [0.25, 0.3) is 0 Å². The van der Waals surface area contributed by atoms with E-state index in [0.717, 1.165) is 45.2 Å². The number of aromatic nitrogens is 2. The first kappa shape index (κ1) is 13.0. The first-order valence-corrected chi connectivity index (χ1v) is 6.92. The number of hydrogen-bond donors (Lipinski definition) is 0. The van der Waals surface area contributed by atoms with Gasteiger partial charge in [-0.05, 0) is 20.3 Å². The summed E-state index contributed by atoms with van der Waals surface area (Å²) in [5.41, 5.74) is -0.242. The Hall–Kier alpha value is -0.980. The van der Waals surface area contributed by atoms with E-state index in [1.54, 1.807) is 0 Å². The van der Waals surface area contributed by atoms with Gasteiger partial charge in [0.1, 0.15) is 0 Å². The van der Waals surface area contributed by atoms with Crippen LogP contribution in [-0.2, 0) is 15.0 Å². The zero-order valence-corrected chi connectivity index (χ0v) is 11.6. The lowest BCUT2D eigenvalue weighted by Crippen LogP contribution is -2.48. The number of hydrogen-bond acceptors (Lipinski definition) is 6. The highest BCUT2D eigenvalue weighted by Gasteiger charge is 2.36. The molecule has 2 aliphatic heterocycles. The van der Waals surface area contributed by atoms with Gasteiger partial charge in [-0.1, -0.05) is 5.16 Å². The number of rotatable bonds is 3. The minimum atomic E-state index is -0.242. The van der Waals surface area contributed by atoms with E-state index in [-0.39, 0.29) is 11.5 Å². The van der Waals surface area contributed by atoms with Crippen LogP contribution in [0.1, 0.15) is 37.9 Å². The summed E-state index contributed by atoms with van der Waals surface area (Å²) >= 11 is 0. The Morgan fingerprint density at radius 3 is 2.63 bits per heavy atom. The molecule has 106 valence electrons.